The second-order valence-electron chi connectivity index (χ2n) is 4.69. The molecule has 19 heavy (non-hydrogen) atoms. The minimum Gasteiger partial charge on any atom is -0.337 e. The van der Waals surface area contributed by atoms with Gasteiger partial charge in [-0.3, -0.25) is 4.79 Å². The highest BCUT2D eigenvalue weighted by atomic mass is 16.1. The molecule has 1 aromatic heterocycles. The molecule has 0 saturated heterocycles. The molecule has 0 spiro atoms. The van der Waals surface area contributed by atoms with Crippen LogP contribution in [0.5, 0.6) is 0 Å². The highest BCUT2D eigenvalue weighted by Gasteiger charge is 2.17. The summed E-state index contributed by atoms with van der Waals surface area (Å²) in [4.78, 5) is 12.5. The van der Waals surface area contributed by atoms with Gasteiger partial charge in [-0.1, -0.05) is 48.5 Å². The molecule has 0 amide bonds. The van der Waals surface area contributed by atoms with Crippen LogP contribution >= 0.6 is 0 Å². The third-order valence-corrected chi connectivity index (χ3v) is 3.48. The number of carbonyl (C=O) groups excluding carboxylic acids is 1. The Balaban J connectivity index is 2.00. The van der Waals surface area contributed by atoms with Crippen molar-refractivity contribution in [3.63, 3.8) is 0 Å². The summed E-state index contributed by atoms with van der Waals surface area (Å²) in [5, 5.41) is 1.16. The van der Waals surface area contributed by atoms with Crippen LogP contribution in [0.3, 0.4) is 0 Å². The highest BCUT2D eigenvalue weighted by molar-refractivity contribution is 5.99. The van der Waals surface area contributed by atoms with Crippen molar-refractivity contribution in [2.45, 2.75) is 13.0 Å². The molecule has 1 heterocycles. The van der Waals surface area contributed by atoms with Crippen molar-refractivity contribution in [3.05, 3.63) is 72.4 Å². The number of ketones is 1. The van der Waals surface area contributed by atoms with Gasteiger partial charge in [-0.05, 0) is 24.4 Å². The average molecular weight is 249 g/mol. The monoisotopic (exact) mass is 249 g/mol. The van der Waals surface area contributed by atoms with Crippen LogP contribution in [0, 0.1) is 0 Å². The minimum absolute atomic E-state index is 0.141. The number of rotatable bonds is 3. The Labute approximate surface area is 112 Å². The molecule has 0 bridgehead atoms. The van der Waals surface area contributed by atoms with Crippen molar-refractivity contribution in [1.29, 1.82) is 0 Å². The van der Waals surface area contributed by atoms with Gasteiger partial charge in [-0.2, -0.15) is 0 Å². The fraction of sp³-hybridized carbons (Fsp3) is 0.118. The molecule has 2 heteroatoms. The second-order valence-corrected chi connectivity index (χ2v) is 4.69. The van der Waals surface area contributed by atoms with Gasteiger partial charge in [-0.25, -0.2) is 0 Å². The fourth-order valence-electron chi connectivity index (χ4n) is 2.41. The van der Waals surface area contributed by atoms with E-state index in [1.807, 2.05) is 72.3 Å². The predicted molar refractivity (Wildman–Crippen MR) is 77.4 cm³/mol. The molecule has 3 rings (SSSR count). The van der Waals surface area contributed by atoms with Gasteiger partial charge in [0.25, 0.3) is 0 Å². The van der Waals surface area contributed by atoms with Crippen LogP contribution in [0.15, 0.2) is 66.9 Å². The van der Waals surface area contributed by atoms with E-state index < -0.39 is 0 Å². The van der Waals surface area contributed by atoms with Crippen LogP contribution < -0.4 is 0 Å². The number of para-hydroxylation sites is 1. The highest BCUT2D eigenvalue weighted by Crippen LogP contribution is 2.22. The second kappa shape index (κ2) is 4.73. The Bertz CT molecular complexity index is 712. The van der Waals surface area contributed by atoms with Crippen LogP contribution in [-0.4, -0.2) is 10.4 Å². The summed E-state index contributed by atoms with van der Waals surface area (Å²) in [6, 6.07) is 19.4. The Morgan fingerprint density at radius 3 is 2.42 bits per heavy atom. The van der Waals surface area contributed by atoms with Crippen molar-refractivity contribution in [2.24, 2.45) is 0 Å². The molecule has 1 unspecified atom stereocenters. The molecule has 0 fully saturated rings. The molecule has 0 aliphatic rings. The number of aromatic nitrogens is 1. The summed E-state index contributed by atoms with van der Waals surface area (Å²) >= 11 is 0. The first-order valence-corrected chi connectivity index (χ1v) is 6.42. The Morgan fingerprint density at radius 2 is 1.63 bits per heavy atom. The van der Waals surface area contributed by atoms with Crippen molar-refractivity contribution in [1.82, 2.24) is 4.57 Å². The van der Waals surface area contributed by atoms with E-state index in [1.54, 1.807) is 0 Å². The molecule has 3 aromatic rings. The number of carbonyl (C=O) groups is 1. The lowest BCUT2D eigenvalue weighted by molar-refractivity contribution is 0.0937. The zero-order valence-electron chi connectivity index (χ0n) is 10.8. The summed E-state index contributed by atoms with van der Waals surface area (Å²) in [6.45, 7) is 1.95. The van der Waals surface area contributed by atoms with E-state index in [2.05, 4.69) is 6.07 Å². The van der Waals surface area contributed by atoms with E-state index in [1.165, 1.54) is 0 Å². The fourth-order valence-corrected chi connectivity index (χ4v) is 2.41. The molecule has 2 aromatic carbocycles. The van der Waals surface area contributed by atoms with Gasteiger partial charge >= 0.3 is 0 Å². The van der Waals surface area contributed by atoms with Crippen molar-refractivity contribution in [2.75, 3.05) is 0 Å². The first-order chi connectivity index (χ1) is 9.27. The largest absolute Gasteiger partial charge is 0.337 e. The van der Waals surface area contributed by atoms with Gasteiger partial charge < -0.3 is 4.57 Å². The molecule has 2 nitrogen and oxygen atoms in total. The molecule has 0 aliphatic carbocycles. The molecular weight excluding hydrogens is 234 g/mol. The van der Waals surface area contributed by atoms with Crippen LogP contribution in [0.4, 0.5) is 0 Å². The zero-order valence-corrected chi connectivity index (χ0v) is 10.8. The summed E-state index contributed by atoms with van der Waals surface area (Å²) in [5.41, 5.74) is 1.85. The molecule has 0 N–H and O–H groups in total. The number of nitrogens with zero attached hydrogens (tertiary/aromatic N) is 1. The van der Waals surface area contributed by atoms with E-state index in [-0.39, 0.29) is 11.8 Å². The zero-order chi connectivity index (χ0) is 13.2. The maximum Gasteiger partial charge on any atom is 0.185 e. The summed E-state index contributed by atoms with van der Waals surface area (Å²) in [5.74, 6) is 0.141. The van der Waals surface area contributed by atoms with Crippen molar-refractivity contribution in [3.8, 4) is 0 Å². The van der Waals surface area contributed by atoms with E-state index in [9.17, 15) is 4.79 Å². The third-order valence-electron chi connectivity index (χ3n) is 3.48. The summed E-state index contributed by atoms with van der Waals surface area (Å²) in [6.07, 6.45) is 1.98. The maximum absolute atomic E-state index is 12.5. The van der Waals surface area contributed by atoms with Crippen LogP contribution in [-0.2, 0) is 0 Å². The van der Waals surface area contributed by atoms with E-state index in [0.29, 0.717) is 0 Å². The SMILES string of the molecule is CC(C(=O)c1ccccc1)n1ccc2ccccc21. The number of hydrogen-bond donors (Lipinski definition) is 0. The van der Waals surface area contributed by atoms with Crippen molar-refractivity contribution < 1.29 is 4.79 Å². The van der Waals surface area contributed by atoms with E-state index >= 15 is 0 Å². The normalized spacial score (nSPS) is 12.5. The number of benzene rings is 2. The first-order valence-electron chi connectivity index (χ1n) is 6.42. The Morgan fingerprint density at radius 1 is 0.947 bits per heavy atom. The molecule has 0 radical (unpaired) electrons. The Kier molecular flexibility index (Phi) is 2.92. The lowest BCUT2D eigenvalue weighted by Gasteiger charge is -2.14. The standard InChI is InChI=1S/C17H15NO/c1-13(17(19)15-8-3-2-4-9-15)18-12-11-14-7-5-6-10-16(14)18/h2-13H,1H3. The molecule has 1 atom stereocenters. The lowest BCUT2D eigenvalue weighted by Crippen LogP contribution is -2.15. The summed E-state index contributed by atoms with van der Waals surface area (Å²) < 4.78 is 2.03. The van der Waals surface area contributed by atoms with Crippen LogP contribution in [0.25, 0.3) is 10.9 Å². The lowest BCUT2D eigenvalue weighted by atomic mass is 10.1. The van der Waals surface area contributed by atoms with Gasteiger partial charge in [0, 0.05) is 17.3 Å². The van der Waals surface area contributed by atoms with Gasteiger partial charge in [0.1, 0.15) is 0 Å². The third kappa shape index (κ3) is 2.06. The van der Waals surface area contributed by atoms with Gasteiger partial charge in [0.05, 0.1) is 6.04 Å². The maximum atomic E-state index is 12.5. The minimum atomic E-state index is -0.192. The average Bonchev–Trinajstić information content (AvgIpc) is 2.90. The van der Waals surface area contributed by atoms with Gasteiger partial charge in [-0.15, -0.1) is 0 Å². The molecular formula is C17H15NO. The molecule has 0 aliphatic heterocycles. The van der Waals surface area contributed by atoms with Crippen LogP contribution in [0.1, 0.15) is 23.3 Å². The predicted octanol–water partition coefficient (Wildman–Crippen LogP) is 4.09. The van der Waals surface area contributed by atoms with E-state index in [4.69, 9.17) is 0 Å². The quantitative estimate of drug-likeness (QED) is 0.641. The smallest absolute Gasteiger partial charge is 0.185 e. The topological polar surface area (TPSA) is 22.0 Å². The number of fused-ring (bicyclic) bond motifs is 1. The van der Waals surface area contributed by atoms with E-state index in [0.717, 1.165) is 16.5 Å². The van der Waals surface area contributed by atoms with Crippen LogP contribution in [0.2, 0.25) is 0 Å². The number of hydrogen-bond acceptors (Lipinski definition) is 1. The Hall–Kier alpha value is -2.35. The van der Waals surface area contributed by atoms with Crippen molar-refractivity contribution >= 4 is 16.7 Å². The number of Topliss-reactive ketones (excluding diaryl/α,β-unsaturated/α-hetero) is 1. The molecule has 94 valence electrons. The van der Waals surface area contributed by atoms with Gasteiger partial charge in [0.15, 0.2) is 5.78 Å². The summed E-state index contributed by atoms with van der Waals surface area (Å²) in [7, 11) is 0. The van der Waals surface area contributed by atoms with Gasteiger partial charge in [0.2, 0.25) is 0 Å². The first kappa shape index (κ1) is 11.7. The molecule has 0 saturated carbocycles.